The average molecular weight is 379 g/mol. The van der Waals surface area contributed by atoms with Crippen molar-refractivity contribution >= 4 is 5.97 Å². The molecule has 4 rings (SSSR count). The van der Waals surface area contributed by atoms with Crippen LogP contribution in [0.25, 0.3) is 0 Å². The Morgan fingerprint density at radius 1 is 0.926 bits per heavy atom. The first-order chi connectivity index (χ1) is 12.7. The van der Waals surface area contributed by atoms with Crippen LogP contribution in [0.15, 0.2) is 0 Å². The number of carboxylic acids is 1. The molecule has 0 spiro atoms. The van der Waals surface area contributed by atoms with E-state index in [1.54, 1.807) is 0 Å². The van der Waals surface area contributed by atoms with Crippen molar-refractivity contribution in [2.75, 3.05) is 0 Å². The lowest BCUT2D eigenvalue weighted by Gasteiger charge is -2.61. The number of rotatable bonds is 4. The highest BCUT2D eigenvalue weighted by atomic mass is 16.5. The van der Waals surface area contributed by atoms with Gasteiger partial charge >= 0.3 is 5.97 Å². The van der Waals surface area contributed by atoms with Crippen molar-refractivity contribution in [2.45, 2.75) is 96.7 Å². The van der Waals surface area contributed by atoms with Crippen molar-refractivity contribution in [2.24, 2.45) is 40.4 Å². The standard InChI is InChI=1S/C23H38O4/c1-21-12-11-19-17(18(21)9-7-15(21)4-3-5-20(24)25)8-6-16-10-13-23(26,27)14-22(16,19)2/h15-19,26-27H,3-14H2,1-2H3,(H,24,25). The molecule has 0 amide bonds. The summed E-state index contributed by atoms with van der Waals surface area (Å²) in [5, 5.41) is 29.8. The van der Waals surface area contributed by atoms with E-state index in [0.29, 0.717) is 42.4 Å². The summed E-state index contributed by atoms with van der Waals surface area (Å²) in [5.41, 5.74) is 0.445. The molecular weight excluding hydrogens is 340 g/mol. The second-order valence-corrected chi connectivity index (χ2v) is 11.0. The van der Waals surface area contributed by atoms with Crippen molar-refractivity contribution in [1.29, 1.82) is 0 Å². The van der Waals surface area contributed by atoms with Gasteiger partial charge in [0.15, 0.2) is 5.79 Å². The number of carboxylic acid groups (broad SMARTS) is 1. The number of hydrogen-bond donors (Lipinski definition) is 3. The van der Waals surface area contributed by atoms with Crippen LogP contribution in [0.5, 0.6) is 0 Å². The molecule has 4 aliphatic rings. The van der Waals surface area contributed by atoms with E-state index in [-0.39, 0.29) is 5.41 Å². The van der Waals surface area contributed by atoms with Crippen LogP contribution in [0.3, 0.4) is 0 Å². The van der Waals surface area contributed by atoms with Crippen LogP contribution in [0.4, 0.5) is 0 Å². The molecule has 0 heterocycles. The van der Waals surface area contributed by atoms with Crippen molar-refractivity contribution in [3.8, 4) is 0 Å². The largest absolute Gasteiger partial charge is 0.481 e. The third-order valence-electron chi connectivity index (χ3n) is 9.76. The van der Waals surface area contributed by atoms with E-state index >= 15 is 0 Å². The Morgan fingerprint density at radius 3 is 2.41 bits per heavy atom. The van der Waals surface area contributed by atoms with E-state index in [1.165, 1.54) is 38.5 Å². The smallest absolute Gasteiger partial charge is 0.303 e. The zero-order valence-corrected chi connectivity index (χ0v) is 17.1. The lowest BCUT2D eigenvalue weighted by molar-refractivity contribution is -0.242. The van der Waals surface area contributed by atoms with Gasteiger partial charge in [-0.2, -0.15) is 0 Å². The summed E-state index contributed by atoms with van der Waals surface area (Å²) in [6, 6.07) is 0. The molecule has 3 N–H and O–H groups in total. The van der Waals surface area contributed by atoms with Crippen molar-refractivity contribution in [3.63, 3.8) is 0 Å². The minimum absolute atomic E-state index is 0.0768. The number of fused-ring (bicyclic) bond motifs is 5. The maximum atomic E-state index is 10.9. The van der Waals surface area contributed by atoms with Crippen LogP contribution in [-0.4, -0.2) is 27.1 Å². The van der Waals surface area contributed by atoms with Crippen LogP contribution in [-0.2, 0) is 4.79 Å². The van der Waals surface area contributed by atoms with Gasteiger partial charge in [-0.1, -0.05) is 13.8 Å². The fourth-order valence-corrected chi connectivity index (χ4v) is 8.47. The van der Waals surface area contributed by atoms with Crippen molar-refractivity contribution in [1.82, 2.24) is 0 Å². The average Bonchev–Trinajstić information content (AvgIpc) is 2.90. The third kappa shape index (κ3) is 3.25. The highest BCUT2D eigenvalue weighted by molar-refractivity contribution is 5.66. The van der Waals surface area contributed by atoms with Gasteiger partial charge in [0, 0.05) is 19.3 Å². The van der Waals surface area contributed by atoms with Gasteiger partial charge in [-0.05, 0) is 98.2 Å². The molecule has 0 aromatic carbocycles. The lowest BCUT2D eigenvalue weighted by Crippen LogP contribution is -2.56. The van der Waals surface area contributed by atoms with E-state index in [9.17, 15) is 15.0 Å². The van der Waals surface area contributed by atoms with Crippen LogP contribution >= 0.6 is 0 Å². The first kappa shape index (κ1) is 19.7. The molecule has 4 fully saturated rings. The van der Waals surface area contributed by atoms with Crippen LogP contribution < -0.4 is 0 Å². The first-order valence-electron chi connectivity index (χ1n) is 11.3. The zero-order valence-electron chi connectivity index (χ0n) is 17.1. The minimum Gasteiger partial charge on any atom is -0.481 e. The molecule has 4 nitrogen and oxygen atoms in total. The molecule has 0 radical (unpaired) electrons. The summed E-state index contributed by atoms with van der Waals surface area (Å²) in [7, 11) is 0. The van der Waals surface area contributed by atoms with E-state index in [4.69, 9.17) is 5.11 Å². The SMILES string of the molecule is CC12CCC3C(CCC4CCC(O)(O)CC43C)C1CCC2CCCC(=O)O. The van der Waals surface area contributed by atoms with Crippen LogP contribution in [0.1, 0.15) is 90.9 Å². The number of carbonyl (C=O) groups is 1. The fourth-order valence-electron chi connectivity index (χ4n) is 8.47. The highest BCUT2D eigenvalue weighted by Crippen LogP contribution is 2.68. The molecule has 27 heavy (non-hydrogen) atoms. The Labute approximate surface area is 163 Å². The highest BCUT2D eigenvalue weighted by Gasteiger charge is 2.61. The normalized spacial score (nSPS) is 48.4. The van der Waals surface area contributed by atoms with Crippen LogP contribution in [0.2, 0.25) is 0 Å². The molecule has 154 valence electrons. The van der Waals surface area contributed by atoms with Gasteiger partial charge in [-0.25, -0.2) is 0 Å². The Kier molecular flexibility index (Phi) is 4.91. The fraction of sp³-hybridized carbons (Fsp3) is 0.957. The maximum absolute atomic E-state index is 10.9. The Balaban J connectivity index is 1.51. The predicted molar refractivity (Wildman–Crippen MR) is 104 cm³/mol. The van der Waals surface area contributed by atoms with Gasteiger partial charge in [0.25, 0.3) is 0 Å². The van der Waals surface area contributed by atoms with Crippen molar-refractivity contribution in [3.05, 3.63) is 0 Å². The topological polar surface area (TPSA) is 77.8 Å². The van der Waals surface area contributed by atoms with Gasteiger partial charge < -0.3 is 15.3 Å². The molecule has 0 saturated heterocycles. The number of hydrogen-bond acceptors (Lipinski definition) is 3. The van der Waals surface area contributed by atoms with Gasteiger partial charge in [0.1, 0.15) is 0 Å². The minimum atomic E-state index is -1.47. The molecule has 7 atom stereocenters. The Hall–Kier alpha value is -0.610. The number of aliphatic hydroxyl groups is 2. The summed E-state index contributed by atoms with van der Waals surface area (Å²) < 4.78 is 0. The summed E-state index contributed by atoms with van der Waals surface area (Å²) >= 11 is 0. The molecule has 0 aromatic heterocycles. The molecule has 0 bridgehead atoms. The Bertz CT molecular complexity index is 587. The molecular formula is C23H38O4. The summed E-state index contributed by atoms with van der Waals surface area (Å²) in [4.78, 5) is 10.9. The molecule has 7 unspecified atom stereocenters. The van der Waals surface area contributed by atoms with Gasteiger partial charge in [0.05, 0.1) is 0 Å². The van der Waals surface area contributed by atoms with Gasteiger partial charge in [0.2, 0.25) is 0 Å². The predicted octanol–water partition coefficient (Wildman–Crippen LogP) is 4.58. The van der Waals surface area contributed by atoms with Crippen LogP contribution in [0, 0.1) is 40.4 Å². The molecule has 0 aliphatic heterocycles. The van der Waals surface area contributed by atoms with E-state index in [1.807, 2.05) is 0 Å². The lowest BCUT2D eigenvalue weighted by atomic mass is 9.44. The van der Waals surface area contributed by atoms with Gasteiger partial charge in [-0.15, -0.1) is 0 Å². The maximum Gasteiger partial charge on any atom is 0.303 e. The monoisotopic (exact) mass is 378 g/mol. The van der Waals surface area contributed by atoms with E-state index in [0.717, 1.165) is 31.1 Å². The molecule has 4 saturated carbocycles. The first-order valence-corrected chi connectivity index (χ1v) is 11.3. The third-order valence-corrected chi connectivity index (χ3v) is 9.76. The second kappa shape index (κ2) is 6.73. The van der Waals surface area contributed by atoms with Crippen molar-refractivity contribution < 1.29 is 20.1 Å². The number of aliphatic carboxylic acids is 1. The van der Waals surface area contributed by atoms with E-state index in [2.05, 4.69) is 13.8 Å². The second-order valence-electron chi connectivity index (χ2n) is 11.0. The molecule has 4 aliphatic carbocycles. The molecule has 0 aromatic rings. The quantitative estimate of drug-likeness (QED) is 0.626. The Morgan fingerprint density at radius 2 is 1.67 bits per heavy atom. The summed E-state index contributed by atoms with van der Waals surface area (Å²) in [6.45, 7) is 4.85. The zero-order chi connectivity index (χ0) is 19.4. The summed E-state index contributed by atoms with van der Waals surface area (Å²) in [5.74, 6) is 1.30. The van der Waals surface area contributed by atoms with E-state index < -0.39 is 11.8 Å². The molecule has 4 heteroatoms. The summed E-state index contributed by atoms with van der Waals surface area (Å²) in [6.07, 6.45) is 11.8. The van der Waals surface area contributed by atoms with Gasteiger partial charge in [-0.3, -0.25) is 4.79 Å².